The molecule has 17 heavy (non-hydrogen) atoms. The van der Waals surface area contributed by atoms with Crippen LogP contribution in [0.4, 0.5) is 5.69 Å². The van der Waals surface area contributed by atoms with E-state index in [1.807, 2.05) is 25.1 Å². The van der Waals surface area contributed by atoms with Crippen LogP contribution >= 0.6 is 15.9 Å². The summed E-state index contributed by atoms with van der Waals surface area (Å²) < 4.78 is 6.00. The van der Waals surface area contributed by atoms with Gasteiger partial charge in [-0.1, -0.05) is 22.0 Å². The summed E-state index contributed by atoms with van der Waals surface area (Å²) in [5.74, 6) is -0.0187. The summed E-state index contributed by atoms with van der Waals surface area (Å²) in [4.78, 5) is 11.9. The summed E-state index contributed by atoms with van der Waals surface area (Å²) >= 11 is 3.48. The van der Waals surface area contributed by atoms with E-state index < -0.39 is 0 Å². The van der Waals surface area contributed by atoms with Crippen LogP contribution in [-0.4, -0.2) is 25.7 Å². The fourth-order valence-corrected chi connectivity index (χ4v) is 2.61. The maximum absolute atomic E-state index is 11.9. The second-order valence-electron chi connectivity index (χ2n) is 4.15. The summed E-state index contributed by atoms with van der Waals surface area (Å²) in [7, 11) is 1.65. The SMILES string of the molecule is COCC(C)NC1C(=O)Nc2cccc(Br)c21. The first-order valence-corrected chi connectivity index (χ1v) is 6.27. The number of amides is 1. The Morgan fingerprint density at radius 3 is 3.06 bits per heavy atom. The molecule has 5 heteroatoms. The fraction of sp³-hybridized carbons (Fsp3) is 0.417. The zero-order chi connectivity index (χ0) is 12.4. The molecule has 1 heterocycles. The molecule has 1 aromatic rings. The second kappa shape index (κ2) is 5.16. The zero-order valence-electron chi connectivity index (χ0n) is 9.79. The van der Waals surface area contributed by atoms with E-state index in [4.69, 9.17) is 4.74 Å². The Hall–Kier alpha value is -0.910. The number of carbonyl (C=O) groups is 1. The Morgan fingerprint density at radius 2 is 2.35 bits per heavy atom. The summed E-state index contributed by atoms with van der Waals surface area (Å²) in [6.07, 6.45) is 0. The second-order valence-corrected chi connectivity index (χ2v) is 5.00. The first-order chi connectivity index (χ1) is 8.13. The molecule has 0 radical (unpaired) electrons. The molecule has 1 aliphatic rings. The van der Waals surface area contributed by atoms with E-state index in [2.05, 4.69) is 26.6 Å². The molecule has 2 atom stereocenters. The molecule has 2 rings (SSSR count). The van der Waals surface area contributed by atoms with Crippen LogP contribution in [0.5, 0.6) is 0 Å². The Morgan fingerprint density at radius 1 is 1.59 bits per heavy atom. The van der Waals surface area contributed by atoms with Crippen molar-refractivity contribution in [2.75, 3.05) is 19.0 Å². The molecule has 0 saturated heterocycles. The van der Waals surface area contributed by atoms with E-state index >= 15 is 0 Å². The van der Waals surface area contributed by atoms with Gasteiger partial charge in [0.25, 0.3) is 0 Å². The van der Waals surface area contributed by atoms with Crippen molar-refractivity contribution in [2.45, 2.75) is 19.0 Å². The van der Waals surface area contributed by atoms with Gasteiger partial charge in [-0.05, 0) is 19.1 Å². The van der Waals surface area contributed by atoms with Crippen LogP contribution in [0.25, 0.3) is 0 Å². The molecule has 1 amide bonds. The highest BCUT2D eigenvalue weighted by atomic mass is 79.9. The molecule has 0 spiro atoms. The third kappa shape index (κ3) is 2.51. The van der Waals surface area contributed by atoms with Gasteiger partial charge in [0.1, 0.15) is 6.04 Å². The van der Waals surface area contributed by atoms with Crippen molar-refractivity contribution in [2.24, 2.45) is 0 Å². The van der Waals surface area contributed by atoms with Crippen molar-refractivity contribution in [3.63, 3.8) is 0 Å². The van der Waals surface area contributed by atoms with Crippen molar-refractivity contribution in [3.05, 3.63) is 28.2 Å². The molecular formula is C12H15BrN2O2. The van der Waals surface area contributed by atoms with Crippen LogP contribution in [0.2, 0.25) is 0 Å². The molecule has 4 nitrogen and oxygen atoms in total. The Bertz CT molecular complexity index is 437. The van der Waals surface area contributed by atoms with E-state index in [9.17, 15) is 4.79 Å². The average molecular weight is 299 g/mol. The van der Waals surface area contributed by atoms with Gasteiger partial charge < -0.3 is 10.1 Å². The number of anilines is 1. The highest BCUT2D eigenvalue weighted by Gasteiger charge is 2.32. The summed E-state index contributed by atoms with van der Waals surface area (Å²) in [5.41, 5.74) is 1.84. The zero-order valence-corrected chi connectivity index (χ0v) is 11.4. The molecule has 92 valence electrons. The maximum Gasteiger partial charge on any atom is 0.246 e. The van der Waals surface area contributed by atoms with Gasteiger partial charge in [-0.15, -0.1) is 0 Å². The first-order valence-electron chi connectivity index (χ1n) is 5.47. The predicted octanol–water partition coefficient (Wildman–Crippen LogP) is 2.07. The van der Waals surface area contributed by atoms with Crippen molar-refractivity contribution < 1.29 is 9.53 Å². The topological polar surface area (TPSA) is 50.4 Å². The number of halogens is 1. The third-order valence-electron chi connectivity index (χ3n) is 2.73. The number of hydrogen-bond donors (Lipinski definition) is 2. The number of carbonyl (C=O) groups excluding carboxylic acids is 1. The molecule has 0 saturated carbocycles. The van der Waals surface area contributed by atoms with Crippen LogP contribution in [0.1, 0.15) is 18.5 Å². The first kappa shape index (κ1) is 12.5. The molecule has 0 fully saturated rings. The average Bonchev–Trinajstić information content (AvgIpc) is 2.57. The highest BCUT2D eigenvalue weighted by molar-refractivity contribution is 9.10. The van der Waals surface area contributed by atoms with Crippen molar-refractivity contribution in [1.29, 1.82) is 0 Å². The number of hydrogen-bond acceptors (Lipinski definition) is 3. The van der Waals surface area contributed by atoms with E-state index in [1.165, 1.54) is 0 Å². The molecule has 0 bridgehead atoms. The number of nitrogens with one attached hydrogen (secondary N) is 2. The molecule has 1 aliphatic heterocycles. The van der Waals surface area contributed by atoms with Gasteiger partial charge in [-0.2, -0.15) is 0 Å². The quantitative estimate of drug-likeness (QED) is 0.895. The Kier molecular flexibility index (Phi) is 3.81. The smallest absolute Gasteiger partial charge is 0.246 e. The lowest BCUT2D eigenvalue weighted by Crippen LogP contribution is -2.37. The van der Waals surface area contributed by atoms with Crippen LogP contribution in [0, 0.1) is 0 Å². The number of methoxy groups -OCH3 is 1. The predicted molar refractivity (Wildman–Crippen MR) is 70.0 cm³/mol. The molecule has 1 aromatic carbocycles. The van der Waals surface area contributed by atoms with Gasteiger partial charge in [0, 0.05) is 28.9 Å². The van der Waals surface area contributed by atoms with Crippen LogP contribution in [0.3, 0.4) is 0 Å². The largest absolute Gasteiger partial charge is 0.383 e. The number of rotatable bonds is 4. The lowest BCUT2D eigenvalue weighted by molar-refractivity contribution is -0.117. The fourth-order valence-electron chi connectivity index (χ4n) is 2.02. The van der Waals surface area contributed by atoms with E-state index in [0.29, 0.717) is 6.61 Å². The summed E-state index contributed by atoms with van der Waals surface area (Å²) in [6, 6.07) is 5.55. The summed E-state index contributed by atoms with van der Waals surface area (Å²) in [6.45, 7) is 2.56. The van der Waals surface area contributed by atoms with Gasteiger partial charge in [-0.25, -0.2) is 0 Å². The molecule has 2 N–H and O–H groups in total. The van der Waals surface area contributed by atoms with Gasteiger partial charge in [0.2, 0.25) is 5.91 Å². The normalized spacial score (nSPS) is 19.9. The number of ether oxygens (including phenoxy) is 1. The minimum Gasteiger partial charge on any atom is -0.383 e. The van der Waals surface area contributed by atoms with Crippen LogP contribution in [-0.2, 0) is 9.53 Å². The van der Waals surface area contributed by atoms with E-state index in [-0.39, 0.29) is 18.0 Å². The van der Waals surface area contributed by atoms with Crippen molar-refractivity contribution >= 4 is 27.5 Å². The maximum atomic E-state index is 11.9. The lowest BCUT2D eigenvalue weighted by atomic mass is 10.1. The Labute approximate surface area is 109 Å². The summed E-state index contributed by atoms with van der Waals surface area (Å²) in [5, 5.41) is 6.12. The standard InChI is InChI=1S/C12H15BrN2O2/c1-7(6-17-2)14-11-10-8(13)4-3-5-9(10)15-12(11)16/h3-5,7,11,14H,6H2,1-2H3,(H,15,16). The third-order valence-corrected chi connectivity index (χ3v) is 3.42. The van der Waals surface area contributed by atoms with Crippen LogP contribution < -0.4 is 10.6 Å². The number of fused-ring (bicyclic) bond motifs is 1. The van der Waals surface area contributed by atoms with Gasteiger partial charge >= 0.3 is 0 Å². The van der Waals surface area contributed by atoms with Gasteiger partial charge in [-0.3, -0.25) is 10.1 Å². The van der Waals surface area contributed by atoms with Gasteiger partial charge in [0.05, 0.1) is 6.61 Å². The van der Waals surface area contributed by atoms with Gasteiger partial charge in [0.15, 0.2) is 0 Å². The molecule has 2 unspecified atom stereocenters. The molecular weight excluding hydrogens is 284 g/mol. The lowest BCUT2D eigenvalue weighted by Gasteiger charge is -2.18. The van der Waals surface area contributed by atoms with Crippen molar-refractivity contribution in [1.82, 2.24) is 5.32 Å². The van der Waals surface area contributed by atoms with Crippen LogP contribution in [0.15, 0.2) is 22.7 Å². The van der Waals surface area contributed by atoms with E-state index in [0.717, 1.165) is 15.7 Å². The van der Waals surface area contributed by atoms with E-state index in [1.54, 1.807) is 7.11 Å². The Balaban J connectivity index is 2.22. The monoisotopic (exact) mass is 298 g/mol. The molecule has 0 aliphatic carbocycles. The minimum absolute atomic E-state index is 0.0187. The highest BCUT2D eigenvalue weighted by Crippen LogP contribution is 2.36. The molecule has 0 aromatic heterocycles. The van der Waals surface area contributed by atoms with Crippen molar-refractivity contribution in [3.8, 4) is 0 Å². The number of benzene rings is 1. The minimum atomic E-state index is -0.314.